The lowest BCUT2D eigenvalue weighted by Crippen LogP contribution is -2.32. The summed E-state index contributed by atoms with van der Waals surface area (Å²) in [5, 5.41) is 11.9. The van der Waals surface area contributed by atoms with Gasteiger partial charge < -0.3 is 15.2 Å². The molecule has 0 aromatic heterocycles. The summed E-state index contributed by atoms with van der Waals surface area (Å²) in [7, 11) is 0. The largest absolute Gasteiger partial charge is 0.508 e. The molecule has 0 aliphatic rings. The molecule has 0 atom stereocenters. The Kier molecular flexibility index (Phi) is 5.25. The quantitative estimate of drug-likeness (QED) is 0.635. The second-order valence-electron chi connectivity index (χ2n) is 5.03. The third-order valence-electron chi connectivity index (χ3n) is 2.00. The lowest BCUT2D eigenvalue weighted by atomic mass is 10.2. The minimum absolute atomic E-state index is 0.193. The number of phenols is 1. The number of nitrogens with one attached hydrogen (secondary N) is 1. The van der Waals surface area contributed by atoms with E-state index in [0.717, 1.165) is 5.56 Å². The van der Waals surface area contributed by atoms with E-state index in [1.165, 1.54) is 0 Å². The Labute approximate surface area is 113 Å². The minimum Gasteiger partial charge on any atom is -0.508 e. The van der Waals surface area contributed by atoms with Crippen LogP contribution in [-0.2, 0) is 4.74 Å². The summed E-state index contributed by atoms with van der Waals surface area (Å²) in [6, 6.07) is 6.73. The average molecular weight is 261 g/mol. The molecule has 0 heterocycles. The number of alkyl carbamates (subject to hydrolysis) is 1. The van der Waals surface area contributed by atoms with Crippen LogP contribution < -0.4 is 5.32 Å². The molecule has 4 nitrogen and oxygen atoms in total. The molecule has 0 saturated heterocycles. The molecule has 102 valence electrons. The van der Waals surface area contributed by atoms with Gasteiger partial charge in [0.15, 0.2) is 0 Å². The van der Waals surface area contributed by atoms with Crippen LogP contribution in [0.2, 0.25) is 0 Å². The first-order valence-electron chi connectivity index (χ1n) is 6.11. The van der Waals surface area contributed by atoms with Crippen LogP contribution >= 0.6 is 0 Å². The van der Waals surface area contributed by atoms with E-state index in [0.29, 0.717) is 13.0 Å². The van der Waals surface area contributed by atoms with Crippen LogP contribution in [0.1, 0.15) is 32.8 Å². The Bertz CT molecular complexity index is 492. The molecule has 0 fully saturated rings. The first-order valence-corrected chi connectivity index (χ1v) is 6.11. The van der Waals surface area contributed by atoms with Crippen molar-refractivity contribution in [3.8, 4) is 17.6 Å². The van der Waals surface area contributed by atoms with Crippen LogP contribution in [0.3, 0.4) is 0 Å². The molecule has 4 heteroatoms. The zero-order valence-corrected chi connectivity index (χ0v) is 11.5. The molecule has 0 unspecified atom stereocenters. The van der Waals surface area contributed by atoms with Gasteiger partial charge in [-0.15, -0.1) is 0 Å². The molecule has 0 aliphatic carbocycles. The van der Waals surface area contributed by atoms with Crippen molar-refractivity contribution >= 4 is 6.09 Å². The number of phenolic OH excluding ortho intramolecular Hbond substituents is 1. The first-order chi connectivity index (χ1) is 8.87. The summed E-state index contributed by atoms with van der Waals surface area (Å²) in [4.78, 5) is 11.3. The predicted molar refractivity (Wildman–Crippen MR) is 73.8 cm³/mol. The highest BCUT2D eigenvalue weighted by Crippen LogP contribution is 2.09. The van der Waals surface area contributed by atoms with Crippen LogP contribution in [0.4, 0.5) is 4.79 Å². The zero-order valence-electron chi connectivity index (χ0n) is 11.5. The minimum atomic E-state index is -0.489. The molecule has 2 N–H and O–H groups in total. The van der Waals surface area contributed by atoms with Gasteiger partial charge in [-0.2, -0.15) is 0 Å². The van der Waals surface area contributed by atoms with E-state index < -0.39 is 11.7 Å². The number of carbonyl (C=O) groups is 1. The van der Waals surface area contributed by atoms with E-state index in [9.17, 15) is 9.90 Å². The Morgan fingerprint density at radius 3 is 2.79 bits per heavy atom. The second-order valence-corrected chi connectivity index (χ2v) is 5.03. The maximum Gasteiger partial charge on any atom is 0.407 e. The molecular formula is C15H19NO3. The Balaban J connectivity index is 2.30. The van der Waals surface area contributed by atoms with Gasteiger partial charge in [0.1, 0.15) is 11.4 Å². The fourth-order valence-corrected chi connectivity index (χ4v) is 1.29. The van der Waals surface area contributed by atoms with E-state index >= 15 is 0 Å². The van der Waals surface area contributed by atoms with Crippen LogP contribution in [0, 0.1) is 11.8 Å². The highest BCUT2D eigenvalue weighted by atomic mass is 16.6. The molecule has 0 aliphatic heterocycles. The van der Waals surface area contributed by atoms with Crippen molar-refractivity contribution in [2.24, 2.45) is 0 Å². The van der Waals surface area contributed by atoms with Gasteiger partial charge in [0.25, 0.3) is 0 Å². The number of benzene rings is 1. The maximum absolute atomic E-state index is 11.3. The summed E-state index contributed by atoms with van der Waals surface area (Å²) in [5.41, 5.74) is 0.259. The number of rotatable bonds is 2. The molecule has 1 rings (SSSR count). The monoisotopic (exact) mass is 261 g/mol. The average Bonchev–Trinajstić information content (AvgIpc) is 2.26. The van der Waals surface area contributed by atoms with Gasteiger partial charge in [-0.1, -0.05) is 17.9 Å². The van der Waals surface area contributed by atoms with Gasteiger partial charge in [0.05, 0.1) is 0 Å². The van der Waals surface area contributed by atoms with E-state index in [4.69, 9.17) is 4.74 Å². The van der Waals surface area contributed by atoms with Crippen LogP contribution in [0.25, 0.3) is 0 Å². The van der Waals surface area contributed by atoms with E-state index in [1.54, 1.807) is 18.2 Å². The van der Waals surface area contributed by atoms with Crippen molar-refractivity contribution in [3.05, 3.63) is 29.8 Å². The molecule has 1 aromatic rings. The Morgan fingerprint density at radius 1 is 1.42 bits per heavy atom. The van der Waals surface area contributed by atoms with Gasteiger partial charge in [0.2, 0.25) is 0 Å². The lowest BCUT2D eigenvalue weighted by molar-refractivity contribution is 0.0529. The summed E-state index contributed by atoms with van der Waals surface area (Å²) >= 11 is 0. The van der Waals surface area contributed by atoms with Crippen molar-refractivity contribution in [2.75, 3.05) is 6.54 Å². The van der Waals surface area contributed by atoms with Crippen molar-refractivity contribution in [1.82, 2.24) is 5.32 Å². The summed E-state index contributed by atoms with van der Waals surface area (Å²) in [5.74, 6) is 6.01. The van der Waals surface area contributed by atoms with Crippen molar-refractivity contribution in [2.45, 2.75) is 32.8 Å². The number of aromatic hydroxyl groups is 1. The van der Waals surface area contributed by atoms with Crippen LogP contribution in [-0.4, -0.2) is 23.3 Å². The van der Waals surface area contributed by atoms with Crippen LogP contribution in [0.15, 0.2) is 24.3 Å². The SMILES string of the molecule is CC(C)(C)OC(=O)NCCC#Cc1cccc(O)c1. The molecule has 0 radical (unpaired) electrons. The van der Waals surface area contributed by atoms with Crippen molar-refractivity contribution < 1.29 is 14.6 Å². The van der Waals surface area contributed by atoms with Gasteiger partial charge in [0, 0.05) is 18.5 Å². The Morgan fingerprint density at radius 2 is 2.16 bits per heavy atom. The number of hydrogen-bond donors (Lipinski definition) is 2. The fraction of sp³-hybridized carbons (Fsp3) is 0.400. The molecular weight excluding hydrogens is 242 g/mol. The summed E-state index contributed by atoms with van der Waals surface area (Å²) in [6.07, 6.45) is 0.0844. The summed E-state index contributed by atoms with van der Waals surface area (Å²) in [6.45, 7) is 5.87. The number of amides is 1. The molecule has 1 aromatic carbocycles. The number of hydrogen-bond acceptors (Lipinski definition) is 3. The smallest absolute Gasteiger partial charge is 0.407 e. The normalized spacial score (nSPS) is 10.3. The van der Waals surface area contributed by atoms with Crippen LogP contribution in [0.5, 0.6) is 5.75 Å². The van der Waals surface area contributed by atoms with Gasteiger partial charge in [-0.3, -0.25) is 0 Å². The number of ether oxygens (including phenoxy) is 1. The standard InChI is InChI=1S/C15H19NO3/c1-15(2,3)19-14(18)16-10-5-4-7-12-8-6-9-13(17)11-12/h6,8-9,11,17H,5,10H2,1-3H3,(H,16,18). The van der Waals surface area contributed by atoms with Crippen molar-refractivity contribution in [1.29, 1.82) is 0 Å². The van der Waals surface area contributed by atoms with E-state index in [1.807, 2.05) is 26.8 Å². The lowest BCUT2D eigenvalue weighted by Gasteiger charge is -2.19. The molecule has 19 heavy (non-hydrogen) atoms. The third kappa shape index (κ3) is 6.99. The summed E-state index contributed by atoms with van der Waals surface area (Å²) < 4.78 is 5.09. The van der Waals surface area contributed by atoms with Gasteiger partial charge >= 0.3 is 6.09 Å². The maximum atomic E-state index is 11.3. The van der Waals surface area contributed by atoms with E-state index in [-0.39, 0.29) is 5.75 Å². The fourth-order valence-electron chi connectivity index (χ4n) is 1.29. The third-order valence-corrected chi connectivity index (χ3v) is 2.00. The predicted octanol–water partition coefficient (Wildman–Crippen LogP) is 2.66. The highest BCUT2D eigenvalue weighted by molar-refractivity contribution is 5.67. The van der Waals surface area contributed by atoms with Gasteiger partial charge in [-0.25, -0.2) is 4.79 Å². The number of carbonyl (C=O) groups excluding carboxylic acids is 1. The Hall–Kier alpha value is -2.15. The molecule has 0 spiro atoms. The van der Waals surface area contributed by atoms with E-state index in [2.05, 4.69) is 17.2 Å². The zero-order chi connectivity index (χ0) is 14.3. The highest BCUT2D eigenvalue weighted by Gasteiger charge is 2.15. The first kappa shape index (κ1) is 14.9. The molecule has 0 saturated carbocycles. The second kappa shape index (κ2) is 6.69. The molecule has 1 amide bonds. The topological polar surface area (TPSA) is 58.6 Å². The molecule has 0 bridgehead atoms. The van der Waals surface area contributed by atoms with Crippen molar-refractivity contribution in [3.63, 3.8) is 0 Å². The van der Waals surface area contributed by atoms with Gasteiger partial charge in [-0.05, 0) is 39.0 Å².